The van der Waals surface area contributed by atoms with Crippen LogP contribution in [0.25, 0.3) is 0 Å². The van der Waals surface area contributed by atoms with Crippen LogP contribution in [-0.4, -0.2) is 25.1 Å². The Bertz CT molecular complexity index is 342. The van der Waals surface area contributed by atoms with Gasteiger partial charge in [0.15, 0.2) is 0 Å². The number of hydrogen-bond acceptors (Lipinski definition) is 1. The molecule has 1 aliphatic carbocycles. The molecule has 2 radical (unpaired) electrons. The monoisotopic (exact) mass is 216 g/mol. The van der Waals surface area contributed by atoms with Gasteiger partial charge in [-0.05, 0) is 5.31 Å². The Balaban J connectivity index is 3.06. The van der Waals surface area contributed by atoms with Crippen LogP contribution in [0, 0.1) is 5.92 Å². The molecule has 0 saturated carbocycles. The minimum Gasteiger partial charge on any atom is -0.481 e. The first-order valence-corrected chi connectivity index (χ1v) is 4.14. The summed E-state index contributed by atoms with van der Waals surface area (Å²) in [7, 11) is 5.50. The summed E-state index contributed by atoms with van der Waals surface area (Å²) in [5, 5.41) is 7.20. The highest BCUT2D eigenvalue weighted by molar-refractivity contribution is 6.18. The number of aliphatic carboxylic acids is 1. The van der Waals surface area contributed by atoms with Crippen molar-refractivity contribution in [3.05, 3.63) is 23.8 Å². The topological polar surface area (TPSA) is 37.3 Å². The molecule has 6 heteroatoms. The Kier molecular flexibility index (Phi) is 2.72. The van der Waals surface area contributed by atoms with Gasteiger partial charge in [0.25, 0.3) is 0 Å². The molecule has 2 nitrogen and oxygen atoms in total. The van der Waals surface area contributed by atoms with Crippen molar-refractivity contribution in [2.24, 2.45) is 5.92 Å². The first-order valence-electron chi connectivity index (χ1n) is 4.14. The largest absolute Gasteiger partial charge is 0.481 e. The number of allylic oxidation sites excluding steroid dienone is 3. The number of carbonyl (C=O) groups is 1. The molecule has 0 heterocycles. The maximum atomic E-state index is 12.3. The third-order valence-corrected chi connectivity index (χ3v) is 2.20. The Morgan fingerprint density at radius 3 is 2.47 bits per heavy atom. The summed E-state index contributed by atoms with van der Waals surface area (Å²) in [5.41, 5.74) is -0.912. The molecule has 0 aliphatic heterocycles. The van der Waals surface area contributed by atoms with E-state index in [4.69, 9.17) is 13.0 Å². The number of carboxylic acids is 1. The van der Waals surface area contributed by atoms with Gasteiger partial charge in [-0.3, -0.25) is 4.79 Å². The zero-order valence-corrected chi connectivity index (χ0v) is 7.88. The number of carboxylic acid groups (broad SMARTS) is 1. The van der Waals surface area contributed by atoms with Crippen LogP contribution in [-0.2, 0) is 4.79 Å². The quantitative estimate of drug-likeness (QED) is 0.681. The van der Waals surface area contributed by atoms with Gasteiger partial charge in [0.2, 0.25) is 0 Å². The van der Waals surface area contributed by atoms with Crippen LogP contribution in [0.15, 0.2) is 23.8 Å². The van der Waals surface area contributed by atoms with Crippen LogP contribution in [0.3, 0.4) is 0 Å². The first kappa shape index (κ1) is 11.9. The zero-order chi connectivity index (χ0) is 11.9. The van der Waals surface area contributed by atoms with E-state index in [2.05, 4.69) is 0 Å². The van der Waals surface area contributed by atoms with Crippen molar-refractivity contribution >= 4 is 13.8 Å². The maximum absolute atomic E-state index is 12.3. The van der Waals surface area contributed by atoms with Gasteiger partial charge in [0.05, 0.1) is 19.3 Å². The molecule has 1 N–H and O–H groups in total. The molecule has 0 saturated heterocycles. The average molecular weight is 216 g/mol. The fourth-order valence-electron chi connectivity index (χ4n) is 1.40. The molecule has 0 aromatic carbocycles. The molecular weight excluding hydrogens is 208 g/mol. The summed E-state index contributed by atoms with van der Waals surface area (Å²) in [6.07, 6.45) is -2.05. The highest BCUT2D eigenvalue weighted by Gasteiger charge is 2.40. The molecule has 0 aromatic heterocycles. The van der Waals surface area contributed by atoms with E-state index in [1.165, 1.54) is 6.92 Å². The Hall–Kier alpha value is -1.20. The third-order valence-electron chi connectivity index (χ3n) is 2.20. The lowest BCUT2D eigenvalue weighted by Crippen LogP contribution is -2.29. The molecule has 15 heavy (non-hydrogen) atoms. The first-order chi connectivity index (χ1) is 6.64. The van der Waals surface area contributed by atoms with Crippen molar-refractivity contribution in [3.63, 3.8) is 0 Å². The fourth-order valence-corrected chi connectivity index (χ4v) is 1.40. The van der Waals surface area contributed by atoms with E-state index >= 15 is 0 Å². The summed E-state index contributed by atoms with van der Waals surface area (Å²) >= 11 is 0. The van der Waals surface area contributed by atoms with Gasteiger partial charge in [-0.15, -0.1) is 0 Å². The van der Waals surface area contributed by atoms with Gasteiger partial charge in [0, 0.05) is 0 Å². The molecule has 2 unspecified atom stereocenters. The molecule has 2 atom stereocenters. The van der Waals surface area contributed by atoms with Gasteiger partial charge in [-0.25, -0.2) is 0 Å². The summed E-state index contributed by atoms with van der Waals surface area (Å²) < 4.78 is 36.9. The lowest BCUT2D eigenvalue weighted by atomic mass is 9.59. The maximum Gasteiger partial charge on any atom is 0.416 e. The minimum absolute atomic E-state index is 0.742. The van der Waals surface area contributed by atoms with Crippen molar-refractivity contribution in [2.75, 3.05) is 0 Å². The molecule has 1 aliphatic rings. The van der Waals surface area contributed by atoms with Gasteiger partial charge >= 0.3 is 12.1 Å². The van der Waals surface area contributed by atoms with Crippen LogP contribution in [0.5, 0.6) is 0 Å². The Labute approximate surface area is 85.9 Å². The standard InChI is InChI=1S/C9H8BF3O2/c1-8(10)4-5(9(11,12)13)2-3-6(8)7(14)15/h2-4,6H,1H3,(H,14,15). The predicted octanol–water partition coefficient (Wildman–Crippen LogP) is 2.09. The second kappa shape index (κ2) is 3.43. The van der Waals surface area contributed by atoms with Crippen LogP contribution in [0.4, 0.5) is 13.2 Å². The lowest BCUT2D eigenvalue weighted by Gasteiger charge is -2.31. The molecular formula is C9H8BF3O2. The second-order valence-electron chi connectivity index (χ2n) is 3.64. The van der Waals surface area contributed by atoms with E-state index < -0.39 is 29.0 Å². The molecule has 0 amide bonds. The van der Waals surface area contributed by atoms with Crippen molar-refractivity contribution in [1.82, 2.24) is 0 Å². The summed E-state index contributed by atoms with van der Waals surface area (Å²) in [6, 6.07) is 0. The molecule has 0 aromatic rings. The van der Waals surface area contributed by atoms with E-state index in [1.54, 1.807) is 0 Å². The van der Waals surface area contributed by atoms with E-state index in [-0.39, 0.29) is 0 Å². The summed E-state index contributed by atoms with van der Waals surface area (Å²) in [6.45, 7) is 1.25. The number of alkyl halides is 3. The van der Waals surface area contributed by atoms with Crippen molar-refractivity contribution in [3.8, 4) is 0 Å². The number of rotatable bonds is 1. The lowest BCUT2D eigenvalue weighted by molar-refractivity contribution is -0.141. The summed E-state index contributed by atoms with van der Waals surface area (Å²) in [5.74, 6) is -2.38. The zero-order valence-electron chi connectivity index (χ0n) is 7.88. The molecule has 0 bridgehead atoms. The molecule has 1 rings (SSSR count). The van der Waals surface area contributed by atoms with Crippen LogP contribution in [0.1, 0.15) is 6.92 Å². The Morgan fingerprint density at radius 2 is 2.13 bits per heavy atom. The van der Waals surface area contributed by atoms with Crippen molar-refractivity contribution in [2.45, 2.75) is 18.4 Å². The van der Waals surface area contributed by atoms with Crippen molar-refractivity contribution in [1.29, 1.82) is 0 Å². The average Bonchev–Trinajstić information content (AvgIpc) is 1.99. The number of halogens is 3. The molecule has 0 fully saturated rings. The normalized spacial score (nSPS) is 31.2. The van der Waals surface area contributed by atoms with Crippen LogP contribution >= 0.6 is 0 Å². The van der Waals surface area contributed by atoms with E-state index in [0.29, 0.717) is 0 Å². The third kappa shape index (κ3) is 2.43. The van der Waals surface area contributed by atoms with Gasteiger partial charge in [-0.2, -0.15) is 13.2 Å². The van der Waals surface area contributed by atoms with Crippen molar-refractivity contribution < 1.29 is 23.1 Å². The smallest absolute Gasteiger partial charge is 0.416 e. The SMILES string of the molecule is [B]C1(C)C=C(C(F)(F)F)C=CC1C(=O)O. The minimum atomic E-state index is -4.50. The molecule has 0 spiro atoms. The van der Waals surface area contributed by atoms with E-state index in [1.807, 2.05) is 0 Å². The highest BCUT2D eigenvalue weighted by atomic mass is 19.4. The van der Waals surface area contributed by atoms with Gasteiger partial charge in [0.1, 0.15) is 0 Å². The van der Waals surface area contributed by atoms with Gasteiger partial charge in [-0.1, -0.05) is 25.2 Å². The fraction of sp³-hybridized carbons (Fsp3) is 0.444. The number of hydrogen-bond donors (Lipinski definition) is 1. The van der Waals surface area contributed by atoms with Gasteiger partial charge < -0.3 is 5.11 Å². The van der Waals surface area contributed by atoms with Crippen LogP contribution < -0.4 is 0 Å². The predicted molar refractivity (Wildman–Crippen MR) is 48.5 cm³/mol. The van der Waals surface area contributed by atoms with E-state index in [9.17, 15) is 18.0 Å². The highest BCUT2D eigenvalue weighted by Crippen LogP contribution is 2.42. The second-order valence-corrected chi connectivity index (χ2v) is 3.64. The molecule has 80 valence electrons. The Morgan fingerprint density at radius 1 is 1.60 bits per heavy atom. The van der Waals surface area contributed by atoms with E-state index in [0.717, 1.165) is 18.2 Å². The van der Waals surface area contributed by atoms with Crippen LogP contribution in [0.2, 0.25) is 5.31 Å². The summed E-state index contributed by atoms with van der Waals surface area (Å²) in [4.78, 5) is 10.7.